The number of aliphatic hydroxyl groups excluding tert-OH is 1. The molecule has 0 bridgehead atoms. The molecule has 0 spiro atoms. The summed E-state index contributed by atoms with van der Waals surface area (Å²) in [7, 11) is 6.60. The quantitative estimate of drug-likeness (QED) is 0.0454. The van der Waals surface area contributed by atoms with Crippen LogP contribution in [0.4, 0.5) is 0 Å². The van der Waals surface area contributed by atoms with E-state index in [9.17, 15) is 14.7 Å². The molecule has 0 radical (unpaired) electrons. The highest BCUT2D eigenvalue weighted by molar-refractivity contribution is 8.76. The highest BCUT2D eigenvalue weighted by Crippen LogP contribution is 2.22. The second-order valence-corrected chi connectivity index (χ2v) is 13.1. The normalized spacial score (nSPS) is 12.4. The van der Waals surface area contributed by atoms with Gasteiger partial charge in [-0.25, -0.2) is 0 Å². The Labute approximate surface area is 282 Å². The molecule has 2 amide bonds. The Morgan fingerprint density at radius 1 is 0.800 bits per heavy atom. The number of hydrogen-bond donors (Lipinski definition) is 4. The molecule has 0 aromatic rings. The predicted octanol–water partition coefficient (Wildman–Crippen LogP) is 6.73. The average Bonchev–Trinajstić information content (AvgIpc) is 3.04. The minimum absolute atomic E-state index is 0.120. The number of carbonyl (C=O) groups is 3. The number of aliphatic hydroxyl groups is 1. The first kappa shape index (κ1) is 47.3. The molecule has 0 rings (SSSR count). The maximum absolute atomic E-state index is 12.1. The summed E-state index contributed by atoms with van der Waals surface area (Å²) in [5.74, 6) is 1.64. The lowest BCUT2D eigenvalue weighted by Gasteiger charge is -2.28. The number of ether oxygens (including phenoxy) is 1. The van der Waals surface area contributed by atoms with E-state index in [-0.39, 0.29) is 11.8 Å². The molecule has 0 aliphatic carbocycles. The van der Waals surface area contributed by atoms with Crippen molar-refractivity contribution in [1.82, 2.24) is 10.6 Å². The third-order valence-electron chi connectivity index (χ3n) is 5.98. The minimum atomic E-state index is -1.08. The van der Waals surface area contributed by atoms with E-state index < -0.39 is 11.5 Å². The molecule has 0 aromatic carbocycles. The number of rotatable bonds is 26. The van der Waals surface area contributed by atoms with Gasteiger partial charge in [-0.2, -0.15) is 0 Å². The van der Waals surface area contributed by atoms with Crippen molar-refractivity contribution in [2.75, 3.05) is 45.4 Å². The minimum Gasteiger partial charge on any atom is -0.384 e. The third-order valence-corrected chi connectivity index (χ3v) is 8.47. The van der Waals surface area contributed by atoms with Crippen LogP contribution in [0.3, 0.4) is 0 Å². The molecule has 1 atom stereocenters. The highest BCUT2D eigenvalue weighted by atomic mass is 33.1. The van der Waals surface area contributed by atoms with Crippen LogP contribution in [0.15, 0.2) is 60.8 Å². The number of nitrogens with one attached hydrogen (secondary N) is 2. The zero-order chi connectivity index (χ0) is 34.4. The van der Waals surface area contributed by atoms with E-state index in [0.717, 1.165) is 69.3 Å². The predicted molar refractivity (Wildman–Crippen MR) is 197 cm³/mol. The van der Waals surface area contributed by atoms with Crippen molar-refractivity contribution < 1.29 is 24.2 Å². The van der Waals surface area contributed by atoms with E-state index in [1.165, 1.54) is 7.05 Å². The lowest BCUT2D eigenvalue weighted by atomic mass is 9.87. The molecule has 0 aliphatic heterocycles. The molecule has 0 aromatic heterocycles. The molecule has 0 unspecified atom stereocenters. The third kappa shape index (κ3) is 34.6. The van der Waals surface area contributed by atoms with Crippen LogP contribution in [0.25, 0.3) is 0 Å². The first-order valence-electron chi connectivity index (χ1n) is 15.9. The SMILES string of the molecule is C=O.CC/C=C\C/C=C\C/C=C\C/C=C\C/C=C\CCCC(=O)NCCSSCCCCNC(=O)[C@H](O)C(C)(C)COC.CN. The maximum atomic E-state index is 12.1. The van der Waals surface area contributed by atoms with E-state index >= 15 is 0 Å². The topological polar surface area (TPSA) is 131 Å². The van der Waals surface area contributed by atoms with Crippen molar-refractivity contribution in [2.24, 2.45) is 11.1 Å². The molecule has 0 heterocycles. The van der Waals surface area contributed by atoms with Crippen LogP contribution in [0.5, 0.6) is 0 Å². The number of carbonyl (C=O) groups excluding carboxylic acids is 3. The van der Waals surface area contributed by atoms with Gasteiger partial charge in [0.1, 0.15) is 12.9 Å². The molecule has 45 heavy (non-hydrogen) atoms. The molecular formula is C35H63N3O5S2. The van der Waals surface area contributed by atoms with Crippen LogP contribution < -0.4 is 16.4 Å². The Morgan fingerprint density at radius 3 is 1.84 bits per heavy atom. The number of amides is 2. The first-order valence-corrected chi connectivity index (χ1v) is 18.4. The largest absolute Gasteiger partial charge is 0.384 e. The van der Waals surface area contributed by atoms with Crippen LogP contribution in [-0.2, 0) is 19.1 Å². The van der Waals surface area contributed by atoms with Gasteiger partial charge in [0.05, 0.1) is 6.61 Å². The van der Waals surface area contributed by atoms with Crippen molar-refractivity contribution in [1.29, 1.82) is 0 Å². The van der Waals surface area contributed by atoms with Gasteiger partial charge in [-0.3, -0.25) is 9.59 Å². The Kier molecular flexibility index (Phi) is 40.0. The summed E-state index contributed by atoms with van der Waals surface area (Å²) in [5, 5.41) is 15.9. The number of nitrogens with two attached hydrogens (primary N) is 1. The summed E-state index contributed by atoms with van der Waals surface area (Å²) >= 11 is 0. The van der Waals surface area contributed by atoms with Gasteiger partial charge in [0.15, 0.2) is 0 Å². The second kappa shape index (κ2) is 38.1. The Bertz CT molecular complexity index is 830. The fourth-order valence-electron chi connectivity index (χ4n) is 3.59. The van der Waals surface area contributed by atoms with Gasteiger partial charge in [-0.05, 0) is 64.8 Å². The monoisotopic (exact) mass is 669 g/mol. The molecule has 10 heteroatoms. The Morgan fingerprint density at radius 2 is 1.31 bits per heavy atom. The number of unbranched alkanes of at least 4 members (excludes halogenated alkanes) is 2. The molecule has 0 saturated heterocycles. The van der Waals surface area contributed by atoms with Crippen molar-refractivity contribution in [3.05, 3.63) is 60.8 Å². The number of methoxy groups -OCH3 is 1. The molecular weight excluding hydrogens is 607 g/mol. The Hall–Kier alpha value is -2.11. The van der Waals surface area contributed by atoms with Gasteiger partial charge >= 0.3 is 0 Å². The second-order valence-electron chi connectivity index (χ2n) is 10.4. The first-order chi connectivity index (χ1) is 21.8. The zero-order valence-electron chi connectivity index (χ0n) is 28.6. The van der Waals surface area contributed by atoms with Crippen molar-refractivity contribution >= 4 is 40.2 Å². The van der Waals surface area contributed by atoms with Crippen LogP contribution in [-0.4, -0.2) is 75.2 Å². The molecule has 0 fully saturated rings. The zero-order valence-corrected chi connectivity index (χ0v) is 30.3. The summed E-state index contributed by atoms with van der Waals surface area (Å²) in [4.78, 5) is 32.0. The summed E-state index contributed by atoms with van der Waals surface area (Å²) in [6, 6.07) is 0. The summed E-state index contributed by atoms with van der Waals surface area (Å²) < 4.78 is 5.07. The van der Waals surface area contributed by atoms with Gasteiger partial charge in [-0.1, -0.05) is 103 Å². The molecule has 5 N–H and O–H groups in total. The van der Waals surface area contributed by atoms with Gasteiger partial charge in [0.2, 0.25) is 11.8 Å². The number of allylic oxidation sites excluding steroid dienone is 10. The van der Waals surface area contributed by atoms with E-state index in [1.807, 2.05) is 20.6 Å². The van der Waals surface area contributed by atoms with E-state index in [2.05, 4.69) is 84.1 Å². The summed E-state index contributed by atoms with van der Waals surface area (Å²) in [6.45, 7) is 9.33. The maximum Gasteiger partial charge on any atom is 0.249 e. The van der Waals surface area contributed by atoms with Gasteiger partial charge in [0, 0.05) is 43.5 Å². The van der Waals surface area contributed by atoms with Gasteiger partial charge < -0.3 is 31.0 Å². The van der Waals surface area contributed by atoms with Crippen LogP contribution in [0.2, 0.25) is 0 Å². The number of hydrogen-bond acceptors (Lipinski definition) is 8. The van der Waals surface area contributed by atoms with E-state index in [1.54, 1.807) is 28.7 Å². The van der Waals surface area contributed by atoms with Gasteiger partial charge in [-0.15, -0.1) is 0 Å². The lowest BCUT2D eigenvalue weighted by Crippen LogP contribution is -2.46. The average molecular weight is 670 g/mol. The highest BCUT2D eigenvalue weighted by Gasteiger charge is 2.33. The van der Waals surface area contributed by atoms with Crippen LogP contribution >= 0.6 is 21.6 Å². The van der Waals surface area contributed by atoms with E-state index in [0.29, 0.717) is 26.1 Å². The fraction of sp³-hybridized carbons (Fsp3) is 0.629. The Balaban J connectivity index is -0.00000422. The van der Waals surface area contributed by atoms with E-state index in [4.69, 9.17) is 9.53 Å². The smallest absolute Gasteiger partial charge is 0.249 e. The van der Waals surface area contributed by atoms with Crippen molar-refractivity contribution in [2.45, 2.75) is 91.1 Å². The van der Waals surface area contributed by atoms with Crippen molar-refractivity contribution in [3.63, 3.8) is 0 Å². The molecule has 0 aliphatic rings. The summed E-state index contributed by atoms with van der Waals surface area (Å²) in [6.07, 6.45) is 30.1. The lowest BCUT2D eigenvalue weighted by molar-refractivity contribution is -0.137. The fourth-order valence-corrected chi connectivity index (χ4v) is 5.64. The molecule has 8 nitrogen and oxygen atoms in total. The molecule has 260 valence electrons. The van der Waals surface area contributed by atoms with Gasteiger partial charge in [0.25, 0.3) is 0 Å². The summed E-state index contributed by atoms with van der Waals surface area (Å²) in [5.41, 5.74) is 3.89. The van der Waals surface area contributed by atoms with Crippen LogP contribution in [0.1, 0.15) is 85.0 Å². The standard InChI is InChI=1S/C33H56N2O4S2.CH5N.CH2O/c1-5-6-7-8-9-10-11-12-13-14-15-16-17-18-19-20-21-24-30(36)34-26-28-41-40-27-23-22-25-35-32(38)31(37)33(2,3)29-39-4;2*1-2/h6-7,9-10,12-13,15-16,18-19,31,37H,5,8,11,14,17,20-29H2,1-4H3,(H,34,36)(H,35,38);2H2,1H3;1H2/b7-6-,10-9-,13-12-,16-15-,19-18-;;/t31-;;/m0../s1. The molecule has 0 saturated carbocycles. The van der Waals surface area contributed by atoms with Crippen molar-refractivity contribution in [3.8, 4) is 0 Å². The van der Waals surface area contributed by atoms with Crippen LogP contribution in [0, 0.1) is 5.41 Å².